The number of aliphatic hydroxyl groups excluding tert-OH is 1. The number of halogens is 2. The molecule has 1 unspecified atom stereocenters. The summed E-state index contributed by atoms with van der Waals surface area (Å²) in [7, 11) is 1.52. The van der Waals surface area contributed by atoms with Gasteiger partial charge in [0.2, 0.25) is 0 Å². The van der Waals surface area contributed by atoms with Crippen LogP contribution in [0.3, 0.4) is 0 Å². The first-order valence-corrected chi connectivity index (χ1v) is 8.09. The first-order valence-electron chi connectivity index (χ1n) is 8.09. The largest absolute Gasteiger partial charge is 0.497 e. The lowest BCUT2D eigenvalue weighted by molar-refractivity contribution is 0.0530. The Morgan fingerprint density at radius 1 is 1.35 bits per heavy atom. The maximum absolute atomic E-state index is 14.4. The van der Waals surface area contributed by atoms with Crippen LogP contribution in [0.2, 0.25) is 0 Å². The van der Waals surface area contributed by atoms with E-state index in [0.717, 1.165) is 18.8 Å². The Kier molecular flexibility index (Phi) is 4.53. The molecule has 1 saturated carbocycles. The molecule has 1 aromatic carbocycles. The number of nitrogens with zero attached hydrogens (tertiary/aromatic N) is 1. The minimum Gasteiger partial charge on any atom is -0.497 e. The van der Waals surface area contributed by atoms with Gasteiger partial charge < -0.3 is 15.2 Å². The number of aliphatic imine (C=N–C) groups is 1. The number of nitrogens with one attached hydrogen (secondary N) is 1. The molecule has 4 nitrogen and oxygen atoms in total. The lowest BCUT2D eigenvalue weighted by Gasteiger charge is -2.28. The Morgan fingerprint density at radius 3 is 2.83 bits per heavy atom. The van der Waals surface area contributed by atoms with Gasteiger partial charge in [-0.3, -0.25) is 0 Å². The number of benzene rings is 1. The lowest BCUT2D eigenvalue weighted by atomic mass is 10.0. The first kappa shape index (κ1) is 16.2. The Bertz CT molecular complexity index is 600. The average molecular weight is 324 g/mol. The monoisotopic (exact) mass is 324 g/mol. The van der Waals surface area contributed by atoms with Gasteiger partial charge in [0.25, 0.3) is 5.92 Å². The molecule has 126 valence electrons. The molecule has 23 heavy (non-hydrogen) atoms. The standard InChI is InChI=1S/C17H22F2N2O2/c1-23-12-7-8-13-14(10-12)21-16(22)15(20-13)17(18,19)9-3-2-4-11-5-6-11/h7-8,10-11,16,21-22H,2-6,9H2,1H3. The van der Waals surface area contributed by atoms with Crippen LogP contribution >= 0.6 is 0 Å². The van der Waals surface area contributed by atoms with E-state index in [4.69, 9.17) is 4.74 Å². The molecule has 1 fully saturated rings. The highest BCUT2D eigenvalue weighted by Crippen LogP contribution is 2.38. The molecular weight excluding hydrogens is 302 g/mol. The van der Waals surface area contributed by atoms with Crippen molar-refractivity contribution in [1.82, 2.24) is 0 Å². The summed E-state index contributed by atoms with van der Waals surface area (Å²) in [5.74, 6) is -1.77. The Hall–Kier alpha value is -1.69. The second kappa shape index (κ2) is 6.43. The highest BCUT2D eigenvalue weighted by molar-refractivity contribution is 6.01. The number of ether oxygens (including phenoxy) is 1. The molecule has 1 heterocycles. The van der Waals surface area contributed by atoms with Crippen molar-refractivity contribution in [2.45, 2.75) is 50.7 Å². The van der Waals surface area contributed by atoms with Crippen LogP contribution in [-0.4, -0.2) is 30.1 Å². The summed E-state index contributed by atoms with van der Waals surface area (Å²) < 4.78 is 33.8. The number of aliphatic hydroxyl groups is 1. The van der Waals surface area contributed by atoms with E-state index < -0.39 is 17.9 Å². The SMILES string of the molecule is COc1ccc2c(c1)NC(O)C(C(F)(F)CCCCC1CC1)=N2. The van der Waals surface area contributed by atoms with Gasteiger partial charge >= 0.3 is 0 Å². The quantitative estimate of drug-likeness (QED) is 0.742. The van der Waals surface area contributed by atoms with Gasteiger partial charge in [-0.05, 0) is 24.5 Å². The van der Waals surface area contributed by atoms with Crippen LogP contribution in [0.1, 0.15) is 38.5 Å². The predicted molar refractivity (Wildman–Crippen MR) is 85.9 cm³/mol. The minimum absolute atomic E-state index is 0.275. The zero-order chi connectivity index (χ0) is 16.4. The van der Waals surface area contributed by atoms with Gasteiger partial charge in [-0.25, -0.2) is 4.99 Å². The molecule has 2 N–H and O–H groups in total. The van der Waals surface area contributed by atoms with Gasteiger partial charge in [0.05, 0.1) is 18.5 Å². The summed E-state index contributed by atoms with van der Waals surface area (Å²) in [5.41, 5.74) is 0.385. The second-order valence-electron chi connectivity index (χ2n) is 6.32. The van der Waals surface area contributed by atoms with Crippen molar-refractivity contribution >= 4 is 17.1 Å². The Morgan fingerprint density at radius 2 is 2.13 bits per heavy atom. The van der Waals surface area contributed by atoms with E-state index in [1.54, 1.807) is 18.2 Å². The van der Waals surface area contributed by atoms with Crippen molar-refractivity contribution in [3.05, 3.63) is 18.2 Å². The van der Waals surface area contributed by atoms with Crippen LogP contribution in [0.4, 0.5) is 20.2 Å². The number of hydrogen-bond donors (Lipinski definition) is 2. The second-order valence-corrected chi connectivity index (χ2v) is 6.32. The molecule has 0 spiro atoms. The summed E-state index contributed by atoms with van der Waals surface area (Å²) in [6.07, 6.45) is 3.02. The first-order chi connectivity index (χ1) is 11.0. The van der Waals surface area contributed by atoms with Crippen molar-refractivity contribution in [2.24, 2.45) is 10.9 Å². The van der Waals surface area contributed by atoms with E-state index in [1.807, 2.05) is 0 Å². The molecule has 1 aliphatic carbocycles. The molecule has 0 bridgehead atoms. The zero-order valence-corrected chi connectivity index (χ0v) is 13.2. The van der Waals surface area contributed by atoms with Crippen LogP contribution in [0.15, 0.2) is 23.2 Å². The molecule has 3 rings (SSSR count). The molecule has 2 aliphatic rings. The summed E-state index contributed by atoms with van der Waals surface area (Å²) in [6.45, 7) is 0. The molecule has 1 aliphatic heterocycles. The van der Waals surface area contributed by atoms with Crippen LogP contribution in [0.25, 0.3) is 0 Å². The van der Waals surface area contributed by atoms with Crippen molar-refractivity contribution in [1.29, 1.82) is 0 Å². The van der Waals surface area contributed by atoms with Crippen molar-refractivity contribution in [3.63, 3.8) is 0 Å². The maximum atomic E-state index is 14.4. The number of anilines is 1. The third-order valence-electron chi connectivity index (χ3n) is 4.42. The fraction of sp³-hybridized carbons (Fsp3) is 0.588. The van der Waals surface area contributed by atoms with Crippen molar-refractivity contribution in [2.75, 3.05) is 12.4 Å². The number of methoxy groups -OCH3 is 1. The molecule has 1 atom stereocenters. The van der Waals surface area contributed by atoms with Gasteiger partial charge in [-0.2, -0.15) is 8.78 Å². The third-order valence-corrected chi connectivity index (χ3v) is 4.42. The van der Waals surface area contributed by atoms with Gasteiger partial charge in [0, 0.05) is 12.5 Å². The predicted octanol–water partition coefficient (Wildman–Crippen LogP) is 4.12. The summed E-state index contributed by atoms with van der Waals surface area (Å²) in [5, 5.41) is 12.7. The Labute approximate surface area is 134 Å². The maximum Gasteiger partial charge on any atom is 0.290 e. The molecule has 0 aromatic heterocycles. The van der Waals surface area contributed by atoms with Crippen LogP contribution in [0.5, 0.6) is 5.75 Å². The number of fused-ring (bicyclic) bond motifs is 1. The lowest BCUT2D eigenvalue weighted by Crippen LogP contribution is -2.43. The van der Waals surface area contributed by atoms with E-state index in [1.165, 1.54) is 20.0 Å². The van der Waals surface area contributed by atoms with E-state index in [2.05, 4.69) is 10.3 Å². The van der Waals surface area contributed by atoms with Crippen molar-refractivity contribution < 1.29 is 18.6 Å². The number of unbranched alkanes of at least 4 members (excludes halogenated alkanes) is 1. The summed E-state index contributed by atoms with van der Waals surface area (Å²) in [6, 6.07) is 4.90. The highest BCUT2D eigenvalue weighted by Gasteiger charge is 2.41. The smallest absolute Gasteiger partial charge is 0.290 e. The van der Waals surface area contributed by atoms with Gasteiger partial charge in [-0.15, -0.1) is 0 Å². The van der Waals surface area contributed by atoms with Crippen molar-refractivity contribution in [3.8, 4) is 5.75 Å². The molecule has 1 aromatic rings. The van der Waals surface area contributed by atoms with Crippen LogP contribution < -0.4 is 10.1 Å². The number of alkyl halides is 2. The molecule has 0 saturated heterocycles. The highest BCUT2D eigenvalue weighted by atomic mass is 19.3. The van der Waals surface area contributed by atoms with Crippen LogP contribution in [0, 0.1) is 5.92 Å². The fourth-order valence-electron chi connectivity index (χ4n) is 2.86. The average Bonchev–Trinajstić information content (AvgIpc) is 3.34. The number of hydrogen-bond acceptors (Lipinski definition) is 4. The number of rotatable bonds is 7. The van der Waals surface area contributed by atoms with Gasteiger partial charge in [0.15, 0.2) is 6.23 Å². The minimum atomic E-state index is -3.10. The Balaban J connectivity index is 1.69. The topological polar surface area (TPSA) is 53.8 Å². The molecule has 0 amide bonds. The third kappa shape index (κ3) is 3.80. The summed E-state index contributed by atoms with van der Waals surface area (Å²) in [4.78, 5) is 4.00. The molecule has 0 radical (unpaired) electrons. The zero-order valence-electron chi connectivity index (χ0n) is 13.2. The normalized spacial score (nSPS) is 20.5. The van der Waals surface area contributed by atoms with E-state index >= 15 is 0 Å². The fourth-order valence-corrected chi connectivity index (χ4v) is 2.86. The van der Waals surface area contributed by atoms with Crippen LogP contribution in [-0.2, 0) is 0 Å². The van der Waals surface area contributed by atoms with Gasteiger partial charge in [0.1, 0.15) is 11.5 Å². The van der Waals surface area contributed by atoms with Gasteiger partial charge in [-0.1, -0.05) is 25.7 Å². The molecular formula is C17H22F2N2O2. The van der Waals surface area contributed by atoms with E-state index in [9.17, 15) is 13.9 Å². The van der Waals surface area contributed by atoms with E-state index in [-0.39, 0.29) is 6.42 Å². The summed E-state index contributed by atoms with van der Waals surface area (Å²) >= 11 is 0. The van der Waals surface area contributed by atoms with E-state index in [0.29, 0.717) is 23.5 Å². The molecule has 6 heteroatoms.